The van der Waals surface area contributed by atoms with E-state index >= 15 is 0 Å². The van der Waals surface area contributed by atoms with Crippen LogP contribution in [-0.2, 0) is 11.3 Å². The molecule has 2 rings (SSSR count). The fraction of sp³-hybridized carbons (Fsp3) is 0.100. The van der Waals surface area contributed by atoms with Gasteiger partial charge in [-0.3, -0.25) is 25.0 Å². The Hall–Kier alpha value is -2.73. The summed E-state index contributed by atoms with van der Waals surface area (Å²) >= 11 is 1.26. The fourth-order valence-electron chi connectivity index (χ4n) is 1.25. The molecule has 0 aromatic carbocycles. The van der Waals surface area contributed by atoms with Gasteiger partial charge in [0, 0.05) is 0 Å². The first kappa shape index (κ1) is 12.7. The zero-order valence-corrected chi connectivity index (χ0v) is 10.3. The summed E-state index contributed by atoms with van der Waals surface area (Å²) in [5.74, 6) is -0.853. The number of carbonyl (C=O) groups excluding carboxylic acids is 2. The van der Waals surface area contributed by atoms with E-state index in [0.29, 0.717) is 4.88 Å². The van der Waals surface area contributed by atoms with Gasteiger partial charge in [0.2, 0.25) is 5.82 Å². The van der Waals surface area contributed by atoms with Crippen molar-refractivity contribution in [2.45, 2.75) is 6.54 Å². The van der Waals surface area contributed by atoms with Crippen LogP contribution in [0.2, 0.25) is 0 Å². The Morgan fingerprint density at radius 3 is 3.00 bits per heavy atom. The molecule has 2 aromatic rings. The average Bonchev–Trinajstić information content (AvgIpc) is 3.06. The SMILES string of the molecule is N#Cc1nncn1CC(=O)NNC(=O)c1cccs1. The van der Waals surface area contributed by atoms with Crippen molar-refractivity contribution in [2.75, 3.05) is 0 Å². The highest BCUT2D eigenvalue weighted by Gasteiger charge is 2.10. The molecule has 2 amide bonds. The number of carbonyl (C=O) groups is 2. The lowest BCUT2D eigenvalue weighted by molar-refractivity contribution is -0.122. The number of thiophene rings is 1. The number of nitrogens with one attached hydrogen (secondary N) is 2. The predicted molar refractivity (Wildman–Crippen MR) is 64.7 cm³/mol. The van der Waals surface area contributed by atoms with Gasteiger partial charge in [0.15, 0.2) is 0 Å². The van der Waals surface area contributed by atoms with Crippen LogP contribution in [0.5, 0.6) is 0 Å². The molecule has 8 nitrogen and oxygen atoms in total. The van der Waals surface area contributed by atoms with Crippen LogP contribution >= 0.6 is 11.3 Å². The van der Waals surface area contributed by atoms with Crippen LogP contribution in [0.25, 0.3) is 0 Å². The normalized spacial score (nSPS) is 9.63. The lowest BCUT2D eigenvalue weighted by Crippen LogP contribution is -2.42. The molecule has 0 fully saturated rings. The Bertz CT molecular complexity index is 627. The van der Waals surface area contributed by atoms with Crippen LogP contribution in [0.1, 0.15) is 15.5 Å². The van der Waals surface area contributed by atoms with Crippen LogP contribution in [0, 0.1) is 11.3 Å². The molecule has 0 aliphatic heterocycles. The number of hydrogen-bond acceptors (Lipinski definition) is 6. The minimum atomic E-state index is -0.485. The molecule has 19 heavy (non-hydrogen) atoms. The molecule has 0 saturated carbocycles. The van der Waals surface area contributed by atoms with Crippen molar-refractivity contribution in [3.05, 3.63) is 34.5 Å². The topological polar surface area (TPSA) is 113 Å². The van der Waals surface area contributed by atoms with E-state index in [4.69, 9.17) is 5.26 Å². The van der Waals surface area contributed by atoms with Crippen molar-refractivity contribution in [3.63, 3.8) is 0 Å². The first-order chi connectivity index (χ1) is 9.20. The molecule has 0 aliphatic carbocycles. The molecule has 2 aromatic heterocycles. The first-order valence-electron chi connectivity index (χ1n) is 5.11. The van der Waals surface area contributed by atoms with E-state index in [1.54, 1.807) is 23.6 Å². The van der Waals surface area contributed by atoms with Crippen molar-refractivity contribution in [1.29, 1.82) is 5.26 Å². The smallest absolute Gasteiger partial charge is 0.279 e. The summed E-state index contributed by atoms with van der Waals surface area (Å²) in [6.07, 6.45) is 1.26. The quantitative estimate of drug-likeness (QED) is 0.745. The maximum atomic E-state index is 11.5. The minimum Gasteiger partial charge on any atom is -0.296 e. The fourth-order valence-corrected chi connectivity index (χ4v) is 1.87. The van der Waals surface area contributed by atoms with Gasteiger partial charge in [-0.15, -0.1) is 21.5 Å². The molecule has 0 atom stereocenters. The Kier molecular flexibility index (Phi) is 3.84. The second-order valence-electron chi connectivity index (χ2n) is 3.37. The summed E-state index contributed by atoms with van der Waals surface area (Å²) in [7, 11) is 0. The third kappa shape index (κ3) is 3.14. The van der Waals surface area contributed by atoms with Gasteiger partial charge >= 0.3 is 0 Å². The van der Waals surface area contributed by atoms with Crippen molar-refractivity contribution in [1.82, 2.24) is 25.6 Å². The zero-order chi connectivity index (χ0) is 13.7. The van der Waals surface area contributed by atoms with Gasteiger partial charge in [-0.25, -0.2) is 0 Å². The minimum absolute atomic E-state index is 0.0275. The second-order valence-corrected chi connectivity index (χ2v) is 4.32. The number of hydrazine groups is 1. The Labute approximate surface area is 111 Å². The van der Waals surface area contributed by atoms with Crippen LogP contribution < -0.4 is 10.9 Å². The van der Waals surface area contributed by atoms with Crippen LogP contribution in [0.4, 0.5) is 0 Å². The highest BCUT2D eigenvalue weighted by atomic mass is 32.1. The van der Waals surface area contributed by atoms with Gasteiger partial charge in [-0.1, -0.05) is 6.07 Å². The summed E-state index contributed by atoms with van der Waals surface area (Å²) in [6, 6.07) is 5.16. The average molecular weight is 276 g/mol. The zero-order valence-electron chi connectivity index (χ0n) is 9.53. The highest BCUT2D eigenvalue weighted by molar-refractivity contribution is 7.12. The lowest BCUT2D eigenvalue weighted by Gasteiger charge is -2.06. The van der Waals surface area contributed by atoms with E-state index in [9.17, 15) is 9.59 Å². The number of aromatic nitrogens is 3. The van der Waals surface area contributed by atoms with E-state index < -0.39 is 11.8 Å². The molecule has 0 unspecified atom stereocenters. The highest BCUT2D eigenvalue weighted by Crippen LogP contribution is 2.06. The molecule has 96 valence electrons. The molecule has 0 bridgehead atoms. The van der Waals surface area contributed by atoms with E-state index in [1.165, 1.54) is 22.2 Å². The van der Waals surface area contributed by atoms with E-state index in [1.807, 2.05) is 0 Å². The molecular weight excluding hydrogens is 268 g/mol. The van der Waals surface area contributed by atoms with E-state index in [2.05, 4.69) is 21.0 Å². The first-order valence-corrected chi connectivity index (χ1v) is 5.99. The van der Waals surface area contributed by atoms with Gasteiger partial charge < -0.3 is 0 Å². The van der Waals surface area contributed by atoms with Gasteiger partial charge in [0.25, 0.3) is 11.8 Å². The van der Waals surface area contributed by atoms with Crippen molar-refractivity contribution in [3.8, 4) is 6.07 Å². The van der Waals surface area contributed by atoms with Crippen molar-refractivity contribution in [2.24, 2.45) is 0 Å². The molecule has 0 spiro atoms. The summed E-state index contributed by atoms with van der Waals surface area (Å²) < 4.78 is 1.27. The van der Waals surface area contributed by atoms with Crippen molar-refractivity contribution < 1.29 is 9.59 Å². The van der Waals surface area contributed by atoms with Crippen LogP contribution in [-0.4, -0.2) is 26.6 Å². The Morgan fingerprint density at radius 2 is 2.32 bits per heavy atom. The number of nitrogens with zero attached hydrogens (tertiary/aromatic N) is 4. The molecule has 9 heteroatoms. The second kappa shape index (κ2) is 5.74. The molecular formula is C10H8N6O2S. The summed E-state index contributed by atoms with van der Waals surface area (Å²) in [5.41, 5.74) is 4.51. The molecule has 0 aliphatic rings. The largest absolute Gasteiger partial charge is 0.296 e. The summed E-state index contributed by atoms with van der Waals surface area (Å²) in [6.45, 7) is -0.152. The monoisotopic (exact) mass is 276 g/mol. The predicted octanol–water partition coefficient (Wildman–Crippen LogP) is -0.328. The number of hydrogen-bond donors (Lipinski definition) is 2. The van der Waals surface area contributed by atoms with E-state index in [-0.39, 0.29) is 12.4 Å². The summed E-state index contributed by atoms with van der Waals surface area (Å²) in [4.78, 5) is 23.6. The van der Waals surface area contributed by atoms with Crippen LogP contribution in [0.3, 0.4) is 0 Å². The lowest BCUT2D eigenvalue weighted by atomic mass is 10.4. The number of rotatable bonds is 3. The molecule has 0 radical (unpaired) electrons. The maximum absolute atomic E-state index is 11.5. The van der Waals surface area contributed by atoms with Gasteiger partial charge in [0.1, 0.15) is 18.9 Å². The number of nitriles is 1. The Balaban J connectivity index is 1.86. The van der Waals surface area contributed by atoms with Gasteiger partial charge in [0.05, 0.1) is 4.88 Å². The third-order valence-electron chi connectivity index (χ3n) is 2.09. The third-order valence-corrected chi connectivity index (χ3v) is 2.96. The molecule has 0 saturated heterocycles. The molecule has 2 heterocycles. The van der Waals surface area contributed by atoms with Crippen molar-refractivity contribution >= 4 is 23.2 Å². The maximum Gasteiger partial charge on any atom is 0.279 e. The van der Waals surface area contributed by atoms with Gasteiger partial charge in [-0.05, 0) is 11.4 Å². The van der Waals surface area contributed by atoms with Crippen LogP contribution in [0.15, 0.2) is 23.8 Å². The van der Waals surface area contributed by atoms with E-state index in [0.717, 1.165) is 0 Å². The van der Waals surface area contributed by atoms with Gasteiger partial charge in [-0.2, -0.15) is 5.26 Å². The summed E-state index contributed by atoms with van der Waals surface area (Å²) in [5, 5.41) is 17.5. The Morgan fingerprint density at radius 1 is 1.47 bits per heavy atom. The number of amides is 2. The molecule has 2 N–H and O–H groups in total. The standard InChI is InChI=1S/C10H8N6O2S/c11-4-8-13-12-6-16(8)5-9(17)14-15-10(18)7-2-1-3-19-7/h1-3,6H,5H2,(H,14,17)(H,15,18).